The smallest absolute Gasteiger partial charge is 0.257 e. The molecule has 0 spiro atoms. The van der Waals surface area contributed by atoms with Crippen LogP contribution < -0.4 is 0 Å². The predicted octanol–water partition coefficient (Wildman–Crippen LogP) is 2.84. The van der Waals surface area contributed by atoms with Crippen molar-refractivity contribution in [2.24, 2.45) is 0 Å². The Labute approximate surface area is 139 Å². The summed E-state index contributed by atoms with van der Waals surface area (Å²) in [4.78, 5) is 26.5. The third kappa shape index (κ3) is 3.38. The summed E-state index contributed by atoms with van der Waals surface area (Å²) in [5.41, 5.74) is 0.823. The van der Waals surface area contributed by atoms with E-state index in [1.54, 1.807) is 25.1 Å². The second-order valence-electron chi connectivity index (χ2n) is 5.82. The molecule has 0 radical (unpaired) electrons. The Balaban J connectivity index is 1.80. The number of aryl methyl sites for hydroxylation is 1. The Morgan fingerprint density at radius 3 is 2.92 bits per heavy atom. The first-order valence-corrected chi connectivity index (χ1v) is 7.78. The highest BCUT2D eigenvalue weighted by atomic mass is 19.1. The van der Waals surface area contributed by atoms with Gasteiger partial charge in [0.2, 0.25) is 0 Å². The Morgan fingerprint density at radius 1 is 1.33 bits per heavy atom. The van der Waals surface area contributed by atoms with Crippen LogP contribution in [0.25, 0.3) is 0 Å². The van der Waals surface area contributed by atoms with E-state index in [2.05, 4.69) is 0 Å². The summed E-state index contributed by atoms with van der Waals surface area (Å²) < 4.78 is 24.5. The van der Waals surface area contributed by atoms with Crippen LogP contribution in [-0.4, -0.2) is 42.4 Å². The second kappa shape index (κ2) is 6.97. The van der Waals surface area contributed by atoms with E-state index in [1.165, 1.54) is 23.3 Å². The van der Waals surface area contributed by atoms with Crippen LogP contribution in [0, 0.1) is 12.7 Å². The SMILES string of the molecule is Cc1ccc(F)c(C(=O)N2CCOCC2CC(=O)c2ccco2)c1. The van der Waals surface area contributed by atoms with Gasteiger partial charge in [0.05, 0.1) is 31.1 Å². The second-order valence-corrected chi connectivity index (χ2v) is 5.82. The van der Waals surface area contributed by atoms with Crippen molar-refractivity contribution in [1.29, 1.82) is 0 Å². The number of Topliss-reactive ketones (excluding diaryl/α,β-unsaturated/α-hetero) is 1. The monoisotopic (exact) mass is 331 g/mol. The van der Waals surface area contributed by atoms with Crippen LogP contribution in [0.3, 0.4) is 0 Å². The number of halogens is 1. The van der Waals surface area contributed by atoms with E-state index in [4.69, 9.17) is 9.15 Å². The Kier molecular flexibility index (Phi) is 4.76. The fourth-order valence-electron chi connectivity index (χ4n) is 2.80. The first-order valence-electron chi connectivity index (χ1n) is 7.78. The van der Waals surface area contributed by atoms with Gasteiger partial charge in [-0.05, 0) is 31.2 Å². The normalized spacial score (nSPS) is 17.8. The molecule has 1 fully saturated rings. The van der Waals surface area contributed by atoms with Crippen LogP contribution in [-0.2, 0) is 4.74 Å². The first-order chi connectivity index (χ1) is 11.6. The van der Waals surface area contributed by atoms with Crippen LogP contribution >= 0.6 is 0 Å². The van der Waals surface area contributed by atoms with Gasteiger partial charge in [-0.3, -0.25) is 9.59 Å². The molecule has 1 aromatic heterocycles. The Bertz CT molecular complexity index is 741. The minimum Gasteiger partial charge on any atom is -0.461 e. The molecule has 1 atom stereocenters. The van der Waals surface area contributed by atoms with E-state index < -0.39 is 17.8 Å². The fourth-order valence-corrected chi connectivity index (χ4v) is 2.80. The molecule has 6 heteroatoms. The number of morpholine rings is 1. The highest BCUT2D eigenvalue weighted by molar-refractivity contribution is 5.97. The predicted molar refractivity (Wildman–Crippen MR) is 84.4 cm³/mol. The number of hydrogen-bond donors (Lipinski definition) is 0. The maximum Gasteiger partial charge on any atom is 0.257 e. The number of nitrogens with zero attached hydrogens (tertiary/aromatic N) is 1. The lowest BCUT2D eigenvalue weighted by molar-refractivity contribution is -0.00325. The summed E-state index contributed by atoms with van der Waals surface area (Å²) in [5.74, 6) is -0.947. The summed E-state index contributed by atoms with van der Waals surface area (Å²) in [5, 5.41) is 0. The van der Waals surface area contributed by atoms with Crippen LogP contribution in [0.15, 0.2) is 41.0 Å². The number of ketones is 1. The lowest BCUT2D eigenvalue weighted by Crippen LogP contribution is -2.49. The molecule has 24 heavy (non-hydrogen) atoms. The third-order valence-corrected chi connectivity index (χ3v) is 4.06. The number of carbonyl (C=O) groups is 2. The highest BCUT2D eigenvalue weighted by Crippen LogP contribution is 2.20. The first kappa shape index (κ1) is 16.4. The van der Waals surface area contributed by atoms with Crippen molar-refractivity contribution in [3.05, 3.63) is 59.3 Å². The summed E-state index contributed by atoms with van der Waals surface area (Å²) >= 11 is 0. The lowest BCUT2D eigenvalue weighted by atomic mass is 10.0. The van der Waals surface area contributed by atoms with Crippen molar-refractivity contribution in [2.45, 2.75) is 19.4 Å². The molecule has 1 aliphatic heterocycles. The van der Waals surface area contributed by atoms with Gasteiger partial charge in [0, 0.05) is 13.0 Å². The third-order valence-electron chi connectivity index (χ3n) is 4.06. The molecular formula is C18H18FNO4. The van der Waals surface area contributed by atoms with Crippen molar-refractivity contribution in [2.75, 3.05) is 19.8 Å². The summed E-state index contributed by atoms with van der Waals surface area (Å²) in [6.45, 7) is 2.73. The van der Waals surface area contributed by atoms with Crippen molar-refractivity contribution < 1.29 is 23.1 Å². The molecule has 0 aliphatic carbocycles. The summed E-state index contributed by atoms with van der Waals surface area (Å²) in [7, 11) is 0. The van der Waals surface area contributed by atoms with E-state index >= 15 is 0 Å². The van der Waals surface area contributed by atoms with E-state index in [1.807, 2.05) is 0 Å². The molecule has 126 valence electrons. The Morgan fingerprint density at radius 2 is 2.17 bits per heavy atom. The van der Waals surface area contributed by atoms with Crippen LogP contribution in [0.5, 0.6) is 0 Å². The fraction of sp³-hybridized carbons (Fsp3) is 0.333. The maximum absolute atomic E-state index is 14.0. The molecule has 1 saturated heterocycles. The minimum absolute atomic E-state index is 0.0207. The standard InChI is InChI=1S/C18H18FNO4/c1-12-4-5-15(19)14(9-12)18(22)20-6-8-23-11-13(20)10-16(21)17-3-2-7-24-17/h2-5,7,9,13H,6,8,10-11H2,1H3. The summed E-state index contributed by atoms with van der Waals surface area (Å²) in [6.07, 6.45) is 1.50. The summed E-state index contributed by atoms with van der Waals surface area (Å²) in [6, 6.07) is 7.20. The van der Waals surface area contributed by atoms with Crippen molar-refractivity contribution in [1.82, 2.24) is 4.90 Å². The van der Waals surface area contributed by atoms with E-state index in [9.17, 15) is 14.0 Å². The molecule has 1 amide bonds. The molecule has 5 nitrogen and oxygen atoms in total. The number of carbonyl (C=O) groups excluding carboxylic acids is 2. The van der Waals surface area contributed by atoms with Crippen molar-refractivity contribution in [3.8, 4) is 0 Å². The molecule has 0 N–H and O–H groups in total. The Hall–Kier alpha value is -2.47. The zero-order valence-electron chi connectivity index (χ0n) is 13.3. The molecule has 0 saturated carbocycles. The molecular weight excluding hydrogens is 313 g/mol. The molecule has 1 unspecified atom stereocenters. The maximum atomic E-state index is 14.0. The van der Waals surface area contributed by atoms with Gasteiger partial charge in [-0.25, -0.2) is 4.39 Å². The zero-order valence-corrected chi connectivity index (χ0v) is 13.3. The molecule has 0 bridgehead atoms. The van der Waals surface area contributed by atoms with Gasteiger partial charge in [0.1, 0.15) is 5.82 Å². The van der Waals surface area contributed by atoms with E-state index in [-0.39, 0.29) is 30.1 Å². The van der Waals surface area contributed by atoms with Gasteiger partial charge in [-0.15, -0.1) is 0 Å². The average molecular weight is 331 g/mol. The number of ether oxygens (including phenoxy) is 1. The quantitative estimate of drug-likeness (QED) is 0.808. The van der Waals surface area contributed by atoms with Crippen molar-refractivity contribution in [3.63, 3.8) is 0 Å². The van der Waals surface area contributed by atoms with Gasteiger partial charge in [-0.1, -0.05) is 11.6 Å². The number of benzene rings is 1. The van der Waals surface area contributed by atoms with Gasteiger partial charge in [-0.2, -0.15) is 0 Å². The average Bonchev–Trinajstić information content (AvgIpc) is 3.12. The number of furan rings is 1. The van der Waals surface area contributed by atoms with Gasteiger partial charge in [0.15, 0.2) is 11.5 Å². The molecule has 2 aromatic rings. The topological polar surface area (TPSA) is 59.8 Å². The molecule has 1 aromatic carbocycles. The molecule has 1 aliphatic rings. The van der Waals surface area contributed by atoms with Crippen molar-refractivity contribution >= 4 is 11.7 Å². The molecule has 3 rings (SSSR count). The largest absolute Gasteiger partial charge is 0.461 e. The number of rotatable bonds is 4. The van der Waals surface area contributed by atoms with Crippen LogP contribution in [0.4, 0.5) is 4.39 Å². The van der Waals surface area contributed by atoms with Gasteiger partial charge >= 0.3 is 0 Å². The number of hydrogen-bond acceptors (Lipinski definition) is 4. The highest BCUT2D eigenvalue weighted by Gasteiger charge is 2.31. The lowest BCUT2D eigenvalue weighted by Gasteiger charge is -2.35. The van der Waals surface area contributed by atoms with Crippen LogP contribution in [0.1, 0.15) is 32.9 Å². The van der Waals surface area contributed by atoms with Gasteiger partial charge < -0.3 is 14.1 Å². The van der Waals surface area contributed by atoms with E-state index in [0.29, 0.717) is 13.2 Å². The van der Waals surface area contributed by atoms with Crippen LogP contribution in [0.2, 0.25) is 0 Å². The minimum atomic E-state index is -0.562. The van der Waals surface area contributed by atoms with Gasteiger partial charge in [0.25, 0.3) is 5.91 Å². The van der Waals surface area contributed by atoms with E-state index in [0.717, 1.165) is 5.56 Å². The number of amides is 1. The molecule has 2 heterocycles. The zero-order chi connectivity index (χ0) is 17.1.